The van der Waals surface area contributed by atoms with Gasteiger partial charge in [0.15, 0.2) is 17.5 Å². The molecule has 1 saturated carbocycles. The molecule has 0 aromatic heterocycles. The van der Waals surface area contributed by atoms with Crippen LogP contribution in [0.15, 0.2) is 53.6 Å². The second-order valence-electron chi connectivity index (χ2n) is 12.7. The molecule has 0 radical (unpaired) electrons. The summed E-state index contributed by atoms with van der Waals surface area (Å²) in [6.07, 6.45) is 0.148. The van der Waals surface area contributed by atoms with Gasteiger partial charge in [-0.15, -0.1) is 0 Å². The van der Waals surface area contributed by atoms with Gasteiger partial charge in [0.25, 0.3) is 0 Å². The molecule has 2 unspecified atom stereocenters. The number of carbonyl (C=O) groups is 4. The van der Waals surface area contributed by atoms with Gasteiger partial charge >= 0.3 is 17.9 Å². The molecule has 5 rings (SSSR count). The van der Waals surface area contributed by atoms with Gasteiger partial charge < -0.3 is 24.1 Å². The number of carbonyl (C=O) groups excluding carboxylic acids is 4. The Morgan fingerprint density at radius 2 is 1.66 bits per heavy atom. The minimum absolute atomic E-state index is 0.0689. The summed E-state index contributed by atoms with van der Waals surface area (Å²) in [7, 11) is 0. The molecule has 220 valence electrons. The van der Waals surface area contributed by atoms with Crippen LogP contribution in [0, 0.1) is 22.7 Å². The number of hydrogen-bond donors (Lipinski definition) is 1. The molecular formula is C32H38O9. The third-order valence-corrected chi connectivity index (χ3v) is 10.1. The summed E-state index contributed by atoms with van der Waals surface area (Å²) in [6, 6.07) is 8.40. The van der Waals surface area contributed by atoms with Crippen molar-refractivity contribution in [3.05, 3.63) is 59.2 Å². The summed E-state index contributed by atoms with van der Waals surface area (Å²) in [5.74, 6) is -4.14. The van der Waals surface area contributed by atoms with Crippen LogP contribution >= 0.6 is 0 Å². The number of ketones is 1. The van der Waals surface area contributed by atoms with Crippen LogP contribution in [-0.4, -0.2) is 64.9 Å². The van der Waals surface area contributed by atoms with Crippen molar-refractivity contribution in [2.24, 2.45) is 22.7 Å². The number of aliphatic hydroxyl groups is 1. The van der Waals surface area contributed by atoms with E-state index in [1.165, 1.54) is 13.8 Å². The first-order valence-corrected chi connectivity index (χ1v) is 14.0. The Labute approximate surface area is 239 Å². The molecule has 1 N–H and O–H groups in total. The molecule has 8 atom stereocenters. The van der Waals surface area contributed by atoms with Crippen LogP contribution in [0.1, 0.15) is 65.2 Å². The van der Waals surface area contributed by atoms with Crippen LogP contribution in [0.5, 0.6) is 0 Å². The first-order chi connectivity index (χ1) is 19.1. The number of esters is 3. The smallest absolute Gasteiger partial charge is 0.338 e. The van der Waals surface area contributed by atoms with Crippen molar-refractivity contribution >= 4 is 23.7 Å². The number of hydrogen-bond acceptors (Lipinski definition) is 9. The lowest BCUT2D eigenvalue weighted by atomic mass is 9.45. The van der Waals surface area contributed by atoms with Crippen molar-refractivity contribution in [1.82, 2.24) is 0 Å². The third kappa shape index (κ3) is 4.11. The first kappa shape index (κ1) is 29.2. The van der Waals surface area contributed by atoms with Crippen LogP contribution in [0.2, 0.25) is 0 Å². The Hall–Kier alpha value is -3.30. The fourth-order valence-electron chi connectivity index (χ4n) is 7.83. The summed E-state index contributed by atoms with van der Waals surface area (Å²) in [4.78, 5) is 53.5. The van der Waals surface area contributed by atoms with E-state index in [-0.39, 0.29) is 18.6 Å². The minimum Gasteiger partial charge on any atom is -0.455 e. The number of ether oxygens (including phenoxy) is 4. The lowest BCUT2D eigenvalue weighted by Gasteiger charge is -2.65. The Kier molecular flexibility index (Phi) is 6.86. The molecule has 1 aromatic rings. The lowest BCUT2D eigenvalue weighted by molar-refractivity contribution is -0.310. The molecule has 1 aromatic carbocycles. The molecule has 9 heteroatoms. The number of rotatable bonds is 4. The highest BCUT2D eigenvalue weighted by molar-refractivity contribution is 5.94. The zero-order valence-corrected chi connectivity index (χ0v) is 24.6. The molecule has 0 spiro atoms. The van der Waals surface area contributed by atoms with Gasteiger partial charge in [-0.2, -0.15) is 0 Å². The van der Waals surface area contributed by atoms with E-state index < -0.39 is 75.9 Å². The summed E-state index contributed by atoms with van der Waals surface area (Å²) in [5.41, 5.74) is -3.92. The standard InChI is InChI=1S/C32H38O9/c1-17-15-32(37)27(40-28(36)21-11-9-8-10-12-21)25-30(7,14-13-22-31(25,16-38-22)41-20(4)34)26(35)24(39-19(3)33)23(18(17)2)29(32,5)6/h8-14,22-25,27,37H,15-16H2,1-7H3/t22-,23?,24-,25+,27+,30-,31?,32-/m1/s1. The maximum absolute atomic E-state index is 14.8. The molecule has 4 aliphatic rings. The third-order valence-electron chi connectivity index (χ3n) is 10.1. The van der Waals surface area contributed by atoms with Gasteiger partial charge in [0.05, 0.1) is 23.5 Å². The van der Waals surface area contributed by atoms with Crippen molar-refractivity contribution < 1.29 is 43.2 Å². The monoisotopic (exact) mass is 566 g/mol. The van der Waals surface area contributed by atoms with E-state index >= 15 is 0 Å². The molecule has 41 heavy (non-hydrogen) atoms. The van der Waals surface area contributed by atoms with Gasteiger partial charge in [0, 0.05) is 31.6 Å². The number of fused-ring (bicyclic) bond motifs is 5. The zero-order chi connectivity index (χ0) is 30.1. The van der Waals surface area contributed by atoms with Gasteiger partial charge in [-0.25, -0.2) is 4.79 Å². The van der Waals surface area contributed by atoms with E-state index in [9.17, 15) is 24.3 Å². The second kappa shape index (κ2) is 9.63. The number of benzene rings is 1. The van der Waals surface area contributed by atoms with Gasteiger partial charge in [0.2, 0.25) is 0 Å². The summed E-state index contributed by atoms with van der Waals surface area (Å²) < 4.78 is 23.9. The Balaban J connectivity index is 1.82. The molecule has 2 fully saturated rings. The molecule has 0 amide bonds. The van der Waals surface area contributed by atoms with Crippen molar-refractivity contribution in [3.8, 4) is 0 Å². The Morgan fingerprint density at radius 3 is 2.22 bits per heavy atom. The second-order valence-corrected chi connectivity index (χ2v) is 12.7. The molecule has 1 heterocycles. The topological polar surface area (TPSA) is 125 Å². The average Bonchev–Trinajstić information content (AvgIpc) is 2.88. The van der Waals surface area contributed by atoms with Crippen LogP contribution in [-0.2, 0) is 33.3 Å². The number of allylic oxidation sites excluding steroid dienone is 1. The van der Waals surface area contributed by atoms with E-state index in [0.717, 1.165) is 11.1 Å². The molecule has 9 nitrogen and oxygen atoms in total. The van der Waals surface area contributed by atoms with E-state index in [4.69, 9.17) is 18.9 Å². The summed E-state index contributed by atoms with van der Waals surface area (Å²) >= 11 is 0. The fourth-order valence-corrected chi connectivity index (χ4v) is 7.83. The lowest BCUT2D eigenvalue weighted by Crippen LogP contribution is -2.79. The maximum Gasteiger partial charge on any atom is 0.338 e. The Morgan fingerprint density at radius 1 is 1.00 bits per heavy atom. The SMILES string of the molecule is CC(=O)O[C@H]1C(=O)[C@]2(C)C=C[C@H]3OCC3(OC(C)=O)[C@H]2[C@H](OC(=O)c2ccccc2)[C@]2(O)CC(C)=C(C)C1C2(C)C. The molecule has 1 aliphatic heterocycles. The highest BCUT2D eigenvalue weighted by atomic mass is 16.6. The average molecular weight is 567 g/mol. The molecule has 3 aliphatic carbocycles. The van der Waals surface area contributed by atoms with Gasteiger partial charge in [0.1, 0.15) is 17.8 Å². The van der Waals surface area contributed by atoms with E-state index in [2.05, 4.69) is 0 Å². The quantitative estimate of drug-likeness (QED) is 0.330. The van der Waals surface area contributed by atoms with E-state index in [0.29, 0.717) is 0 Å². The first-order valence-electron chi connectivity index (χ1n) is 14.0. The molecule has 2 bridgehead atoms. The van der Waals surface area contributed by atoms with E-state index in [1.54, 1.807) is 63.3 Å². The Bertz CT molecular complexity index is 1360. The summed E-state index contributed by atoms with van der Waals surface area (Å²) in [5, 5.41) is 13.0. The van der Waals surface area contributed by atoms with Crippen LogP contribution in [0.3, 0.4) is 0 Å². The van der Waals surface area contributed by atoms with Crippen molar-refractivity contribution in [2.75, 3.05) is 6.61 Å². The highest BCUT2D eigenvalue weighted by Crippen LogP contribution is 2.63. The molecule has 1 saturated heterocycles. The number of Topliss-reactive ketones (excluding diaryl/α,β-unsaturated/α-hetero) is 1. The fraction of sp³-hybridized carbons (Fsp3) is 0.562. The van der Waals surface area contributed by atoms with E-state index in [1.807, 2.05) is 13.8 Å². The minimum atomic E-state index is -1.77. The normalized spacial score (nSPS) is 38.8. The van der Waals surface area contributed by atoms with Gasteiger partial charge in [-0.3, -0.25) is 14.4 Å². The van der Waals surface area contributed by atoms with Gasteiger partial charge in [-0.05, 0) is 32.9 Å². The highest BCUT2D eigenvalue weighted by Gasteiger charge is 2.75. The van der Waals surface area contributed by atoms with Crippen LogP contribution in [0.4, 0.5) is 0 Å². The zero-order valence-electron chi connectivity index (χ0n) is 24.6. The van der Waals surface area contributed by atoms with Crippen LogP contribution < -0.4 is 0 Å². The predicted octanol–water partition coefficient (Wildman–Crippen LogP) is 3.73. The maximum atomic E-state index is 14.8. The van der Waals surface area contributed by atoms with Crippen LogP contribution in [0.25, 0.3) is 0 Å². The largest absolute Gasteiger partial charge is 0.455 e. The van der Waals surface area contributed by atoms with Crippen molar-refractivity contribution in [1.29, 1.82) is 0 Å². The van der Waals surface area contributed by atoms with Crippen molar-refractivity contribution in [2.45, 2.75) is 84.4 Å². The van der Waals surface area contributed by atoms with Crippen molar-refractivity contribution in [3.63, 3.8) is 0 Å². The predicted molar refractivity (Wildman–Crippen MR) is 146 cm³/mol. The molecular weight excluding hydrogens is 528 g/mol. The summed E-state index contributed by atoms with van der Waals surface area (Å²) in [6.45, 7) is 11.4. The van der Waals surface area contributed by atoms with Gasteiger partial charge in [-0.1, -0.05) is 55.3 Å².